The lowest BCUT2D eigenvalue weighted by molar-refractivity contribution is -0.117. The van der Waals surface area contributed by atoms with Gasteiger partial charge in [0.15, 0.2) is 11.6 Å². The molecule has 0 fully saturated rings. The van der Waals surface area contributed by atoms with Gasteiger partial charge in [0.2, 0.25) is 0 Å². The quantitative estimate of drug-likeness (QED) is 0.184. The molecule has 0 aliphatic carbocycles. The van der Waals surface area contributed by atoms with Crippen molar-refractivity contribution in [2.24, 2.45) is 0 Å². The maximum Gasteiger partial charge on any atom is 0.166 e. The second kappa shape index (κ2) is 11.8. The molecule has 0 spiro atoms. The molecule has 7 nitrogen and oxygen atoms in total. The van der Waals surface area contributed by atoms with Crippen molar-refractivity contribution < 1.29 is 18.4 Å². The van der Waals surface area contributed by atoms with E-state index in [4.69, 9.17) is 9.26 Å². The number of Topliss-reactive ketones (excluding diaryl/α,β-unsaturated/α-hetero) is 1. The fraction of sp³-hybridized carbons (Fsp3) is 0.267. The largest absolute Gasteiger partial charge is 0.453 e. The molecule has 5 aromatic rings. The molecule has 0 aliphatic rings. The molecule has 9 heteroatoms. The molecule has 1 aromatic carbocycles. The SMILES string of the molecule is CCCNCc1ccc(-c2cc3nccc(Oc4ccc(CC(=O)Cc5c(C)noc5C)cc4F)c3s2)nc1. The van der Waals surface area contributed by atoms with Crippen LogP contribution in [0.5, 0.6) is 11.5 Å². The van der Waals surface area contributed by atoms with Gasteiger partial charge in [0.25, 0.3) is 0 Å². The molecule has 0 unspecified atom stereocenters. The topological polar surface area (TPSA) is 90.1 Å². The molecule has 200 valence electrons. The highest BCUT2D eigenvalue weighted by Gasteiger charge is 2.16. The number of hydrogen-bond acceptors (Lipinski definition) is 8. The summed E-state index contributed by atoms with van der Waals surface area (Å²) in [6, 6.07) is 12.4. The lowest BCUT2D eigenvalue weighted by atomic mass is 10.0. The predicted octanol–water partition coefficient (Wildman–Crippen LogP) is 6.75. The van der Waals surface area contributed by atoms with E-state index in [0.29, 0.717) is 22.8 Å². The zero-order valence-electron chi connectivity index (χ0n) is 22.1. The molecule has 0 atom stereocenters. The van der Waals surface area contributed by atoms with Crippen LogP contribution in [0.2, 0.25) is 0 Å². The van der Waals surface area contributed by atoms with Gasteiger partial charge in [-0.05, 0) is 62.2 Å². The highest BCUT2D eigenvalue weighted by Crippen LogP contribution is 2.39. The average molecular weight is 545 g/mol. The maximum atomic E-state index is 15.0. The van der Waals surface area contributed by atoms with Gasteiger partial charge in [0.1, 0.15) is 17.3 Å². The second-order valence-electron chi connectivity index (χ2n) is 9.42. The molecule has 0 bridgehead atoms. The number of thiophene rings is 1. The first-order chi connectivity index (χ1) is 18.9. The van der Waals surface area contributed by atoms with Crippen molar-refractivity contribution in [3.63, 3.8) is 0 Å². The number of benzene rings is 1. The van der Waals surface area contributed by atoms with Crippen molar-refractivity contribution >= 4 is 27.3 Å². The Morgan fingerprint density at radius 1 is 1.05 bits per heavy atom. The third-order valence-electron chi connectivity index (χ3n) is 6.38. The molecular weight excluding hydrogens is 515 g/mol. The summed E-state index contributed by atoms with van der Waals surface area (Å²) >= 11 is 1.50. The van der Waals surface area contributed by atoms with Gasteiger partial charge in [0.05, 0.1) is 26.5 Å². The number of hydrogen-bond donors (Lipinski definition) is 1. The predicted molar refractivity (Wildman–Crippen MR) is 150 cm³/mol. The van der Waals surface area contributed by atoms with Gasteiger partial charge in [0, 0.05) is 43.4 Å². The Balaban J connectivity index is 1.29. The fourth-order valence-corrected chi connectivity index (χ4v) is 5.35. The highest BCUT2D eigenvalue weighted by molar-refractivity contribution is 7.22. The van der Waals surface area contributed by atoms with Gasteiger partial charge >= 0.3 is 0 Å². The van der Waals surface area contributed by atoms with E-state index < -0.39 is 5.82 Å². The number of halogens is 1. The number of fused-ring (bicyclic) bond motifs is 1. The van der Waals surface area contributed by atoms with Crippen molar-refractivity contribution in [1.29, 1.82) is 0 Å². The molecule has 5 rings (SSSR count). The van der Waals surface area contributed by atoms with Crippen molar-refractivity contribution in [1.82, 2.24) is 20.4 Å². The first-order valence-electron chi connectivity index (χ1n) is 12.9. The average Bonchev–Trinajstić information content (AvgIpc) is 3.50. The van der Waals surface area contributed by atoms with Crippen molar-refractivity contribution in [2.75, 3.05) is 6.54 Å². The van der Waals surface area contributed by atoms with E-state index in [0.717, 1.165) is 51.4 Å². The zero-order chi connectivity index (χ0) is 27.4. The van der Waals surface area contributed by atoms with Gasteiger partial charge in [-0.15, -0.1) is 11.3 Å². The Kier molecular flexibility index (Phi) is 8.09. The monoisotopic (exact) mass is 544 g/mol. The minimum atomic E-state index is -0.534. The number of carbonyl (C=O) groups is 1. The highest BCUT2D eigenvalue weighted by atomic mass is 32.1. The Bertz CT molecular complexity index is 1590. The summed E-state index contributed by atoms with van der Waals surface area (Å²) in [4.78, 5) is 22.6. The summed E-state index contributed by atoms with van der Waals surface area (Å²) in [7, 11) is 0. The number of nitrogens with one attached hydrogen (secondary N) is 1. The van der Waals surface area contributed by atoms with Gasteiger partial charge in [-0.2, -0.15) is 0 Å². The van der Waals surface area contributed by atoms with Gasteiger partial charge in [-0.1, -0.05) is 24.2 Å². The van der Waals surface area contributed by atoms with Gasteiger partial charge < -0.3 is 14.6 Å². The zero-order valence-corrected chi connectivity index (χ0v) is 22.9. The van der Waals surface area contributed by atoms with Crippen molar-refractivity contribution in [3.8, 4) is 22.1 Å². The molecular formula is C30H29FN4O3S. The third-order valence-corrected chi connectivity index (χ3v) is 7.54. The second-order valence-corrected chi connectivity index (χ2v) is 10.5. The first kappa shape index (κ1) is 26.6. The van der Waals surface area contributed by atoms with Crippen LogP contribution in [0, 0.1) is 19.7 Å². The van der Waals surface area contributed by atoms with E-state index in [2.05, 4.69) is 33.4 Å². The Morgan fingerprint density at radius 2 is 1.90 bits per heavy atom. The van der Waals surface area contributed by atoms with E-state index in [1.165, 1.54) is 17.4 Å². The Labute approximate surface area is 230 Å². The summed E-state index contributed by atoms with van der Waals surface area (Å²) < 4.78 is 26.9. The number of nitrogens with zero attached hydrogens (tertiary/aromatic N) is 3. The standard InChI is InChI=1S/C30H29FN4O3S/c1-4-10-32-16-21-5-7-25(34-17-21)29-15-26-30(39-29)28(9-11-33-26)37-27-8-6-20(13-24(27)31)12-22(36)14-23-18(2)35-38-19(23)3/h5-9,11,13,15,17,32H,4,10,12,14,16H2,1-3H3. The molecule has 0 aliphatic heterocycles. The maximum absolute atomic E-state index is 15.0. The van der Waals surface area contributed by atoms with Crippen LogP contribution in [0.3, 0.4) is 0 Å². The van der Waals surface area contributed by atoms with Crippen LogP contribution >= 0.6 is 11.3 Å². The minimum Gasteiger partial charge on any atom is -0.453 e. The van der Waals surface area contributed by atoms with E-state index in [-0.39, 0.29) is 24.4 Å². The lowest BCUT2D eigenvalue weighted by Crippen LogP contribution is -2.13. The number of ether oxygens (including phenoxy) is 1. The number of carbonyl (C=O) groups excluding carboxylic acids is 1. The normalized spacial score (nSPS) is 11.3. The number of rotatable bonds is 11. The molecule has 4 heterocycles. The molecule has 4 aromatic heterocycles. The van der Waals surface area contributed by atoms with Gasteiger partial charge in [-0.3, -0.25) is 14.8 Å². The van der Waals surface area contributed by atoms with E-state index in [9.17, 15) is 4.79 Å². The third kappa shape index (κ3) is 6.21. The van der Waals surface area contributed by atoms with E-state index >= 15 is 4.39 Å². The van der Waals surface area contributed by atoms with Crippen LogP contribution in [-0.2, 0) is 24.2 Å². The summed E-state index contributed by atoms with van der Waals surface area (Å²) in [5, 5.41) is 7.26. The Morgan fingerprint density at radius 3 is 2.62 bits per heavy atom. The van der Waals surface area contributed by atoms with Crippen LogP contribution in [0.4, 0.5) is 4.39 Å². The van der Waals surface area contributed by atoms with E-state index in [1.54, 1.807) is 38.2 Å². The number of aromatic nitrogens is 3. The van der Waals surface area contributed by atoms with Crippen molar-refractivity contribution in [2.45, 2.75) is 46.6 Å². The number of pyridine rings is 2. The molecule has 0 saturated carbocycles. The van der Waals surface area contributed by atoms with Crippen molar-refractivity contribution in [3.05, 3.63) is 88.8 Å². The summed E-state index contributed by atoms with van der Waals surface area (Å²) in [6.07, 6.45) is 4.91. The number of ketones is 1. The summed E-state index contributed by atoms with van der Waals surface area (Å²) in [5.41, 5.74) is 4.79. The fourth-order valence-electron chi connectivity index (χ4n) is 4.30. The minimum absolute atomic E-state index is 0.0432. The number of aryl methyl sites for hydroxylation is 2. The molecule has 0 amide bonds. The van der Waals surface area contributed by atoms with Crippen LogP contribution < -0.4 is 10.1 Å². The van der Waals surface area contributed by atoms with Crippen LogP contribution in [-0.4, -0.2) is 27.5 Å². The van der Waals surface area contributed by atoms with E-state index in [1.807, 2.05) is 18.3 Å². The van der Waals surface area contributed by atoms with Crippen LogP contribution in [0.15, 0.2) is 59.4 Å². The van der Waals surface area contributed by atoms with Gasteiger partial charge in [-0.25, -0.2) is 4.39 Å². The Hall–Kier alpha value is -3.95. The molecule has 1 N–H and O–H groups in total. The molecule has 0 saturated heterocycles. The molecule has 0 radical (unpaired) electrons. The molecule has 39 heavy (non-hydrogen) atoms. The van der Waals surface area contributed by atoms with Crippen LogP contribution in [0.1, 0.15) is 41.5 Å². The lowest BCUT2D eigenvalue weighted by Gasteiger charge is -2.09. The smallest absolute Gasteiger partial charge is 0.166 e. The first-order valence-corrected chi connectivity index (χ1v) is 13.7. The van der Waals surface area contributed by atoms with Crippen LogP contribution in [0.25, 0.3) is 20.8 Å². The summed E-state index contributed by atoms with van der Waals surface area (Å²) in [6.45, 7) is 7.47. The summed E-state index contributed by atoms with van der Waals surface area (Å²) in [5.74, 6) is 0.648.